The molecule has 2 atom stereocenters. The molecule has 0 radical (unpaired) electrons. The predicted octanol–water partition coefficient (Wildman–Crippen LogP) is 3.46. The molecule has 3 rings (SSSR count). The van der Waals surface area contributed by atoms with Crippen LogP contribution in [0.2, 0.25) is 0 Å². The van der Waals surface area contributed by atoms with Crippen LogP contribution in [0.4, 0.5) is 0 Å². The Morgan fingerprint density at radius 3 is 2.52 bits per heavy atom. The summed E-state index contributed by atoms with van der Waals surface area (Å²) in [5.74, 6) is 1.56. The van der Waals surface area contributed by atoms with Crippen LogP contribution in [0.1, 0.15) is 35.2 Å². The molecule has 0 unspecified atom stereocenters. The number of benzene rings is 2. The van der Waals surface area contributed by atoms with Gasteiger partial charge in [-0.1, -0.05) is 29.8 Å². The second kappa shape index (κ2) is 7.46. The molecule has 0 spiro atoms. The van der Waals surface area contributed by atoms with Gasteiger partial charge in [-0.3, -0.25) is 4.90 Å². The molecule has 1 aliphatic heterocycles. The van der Waals surface area contributed by atoms with Gasteiger partial charge in [0.1, 0.15) is 0 Å². The largest absolute Gasteiger partial charge is 0.493 e. The van der Waals surface area contributed by atoms with Crippen LogP contribution in [-0.2, 0) is 13.0 Å². The van der Waals surface area contributed by atoms with Crippen LogP contribution in [0.25, 0.3) is 0 Å². The van der Waals surface area contributed by atoms with E-state index in [4.69, 9.17) is 15.2 Å². The van der Waals surface area contributed by atoms with Gasteiger partial charge in [0.25, 0.3) is 0 Å². The van der Waals surface area contributed by atoms with Gasteiger partial charge in [0.15, 0.2) is 11.5 Å². The molecule has 1 heterocycles. The zero-order chi connectivity index (χ0) is 18.0. The van der Waals surface area contributed by atoms with Gasteiger partial charge in [0.2, 0.25) is 0 Å². The molecule has 0 saturated carbocycles. The van der Waals surface area contributed by atoms with Crippen LogP contribution in [0.3, 0.4) is 0 Å². The third-order valence-corrected chi connectivity index (χ3v) is 4.99. The first-order chi connectivity index (χ1) is 12.0. The van der Waals surface area contributed by atoms with Crippen molar-refractivity contribution in [2.45, 2.75) is 38.9 Å². The van der Waals surface area contributed by atoms with Gasteiger partial charge in [-0.05, 0) is 49.1 Å². The van der Waals surface area contributed by atoms with Crippen LogP contribution in [0.5, 0.6) is 11.5 Å². The molecule has 0 saturated heterocycles. The summed E-state index contributed by atoms with van der Waals surface area (Å²) in [7, 11) is 3.36. The standard InChI is InChI=1S/C21H28N2O2/c1-14-6-5-7-16(10-14)13-23-9-8-17-11-19(24-3)20(25-4)12-18(17)21(23)15(2)22/h5-7,10-12,15,21H,8-9,13,22H2,1-4H3/t15-,21-/m1/s1. The second-order valence-corrected chi connectivity index (χ2v) is 6.92. The summed E-state index contributed by atoms with van der Waals surface area (Å²) in [4.78, 5) is 2.48. The van der Waals surface area contributed by atoms with Gasteiger partial charge in [0, 0.05) is 19.1 Å². The summed E-state index contributed by atoms with van der Waals surface area (Å²) in [6.45, 7) is 6.11. The third-order valence-electron chi connectivity index (χ3n) is 4.99. The van der Waals surface area contributed by atoms with Crippen molar-refractivity contribution in [1.29, 1.82) is 0 Å². The topological polar surface area (TPSA) is 47.7 Å². The van der Waals surface area contributed by atoms with Gasteiger partial charge in [-0.2, -0.15) is 0 Å². The average molecular weight is 340 g/mol. The molecule has 25 heavy (non-hydrogen) atoms. The van der Waals surface area contributed by atoms with E-state index in [2.05, 4.69) is 55.1 Å². The van der Waals surface area contributed by atoms with E-state index in [0.29, 0.717) is 0 Å². The fraction of sp³-hybridized carbons (Fsp3) is 0.429. The summed E-state index contributed by atoms with van der Waals surface area (Å²) in [5.41, 5.74) is 11.6. The third kappa shape index (κ3) is 3.65. The monoisotopic (exact) mass is 340 g/mol. The van der Waals surface area contributed by atoms with Gasteiger partial charge < -0.3 is 15.2 Å². The molecule has 2 aromatic rings. The Kier molecular flexibility index (Phi) is 5.30. The first kappa shape index (κ1) is 17.8. The lowest BCUT2D eigenvalue weighted by Crippen LogP contribution is -2.43. The van der Waals surface area contributed by atoms with Crippen molar-refractivity contribution in [2.24, 2.45) is 5.73 Å². The first-order valence-electron chi connectivity index (χ1n) is 8.83. The van der Waals surface area contributed by atoms with E-state index in [1.807, 2.05) is 0 Å². The number of nitrogens with zero attached hydrogens (tertiary/aromatic N) is 1. The Balaban J connectivity index is 1.96. The molecule has 0 aliphatic carbocycles. The molecule has 4 heteroatoms. The highest BCUT2D eigenvalue weighted by Crippen LogP contribution is 2.39. The molecular weight excluding hydrogens is 312 g/mol. The summed E-state index contributed by atoms with van der Waals surface area (Å²) >= 11 is 0. The fourth-order valence-electron chi connectivity index (χ4n) is 3.87. The maximum absolute atomic E-state index is 6.40. The quantitative estimate of drug-likeness (QED) is 0.905. The van der Waals surface area contributed by atoms with Gasteiger partial charge in [0.05, 0.1) is 20.3 Å². The van der Waals surface area contributed by atoms with Crippen molar-refractivity contribution in [3.8, 4) is 11.5 Å². The number of aryl methyl sites for hydroxylation is 1. The molecule has 0 fully saturated rings. The number of hydrogen-bond donors (Lipinski definition) is 1. The molecule has 0 amide bonds. The predicted molar refractivity (Wildman–Crippen MR) is 101 cm³/mol. The number of fused-ring (bicyclic) bond motifs is 1. The number of methoxy groups -OCH3 is 2. The van der Waals surface area contributed by atoms with E-state index in [-0.39, 0.29) is 12.1 Å². The molecule has 1 aliphatic rings. The fourth-order valence-corrected chi connectivity index (χ4v) is 3.87. The lowest BCUT2D eigenvalue weighted by Gasteiger charge is -2.40. The van der Waals surface area contributed by atoms with E-state index in [1.54, 1.807) is 14.2 Å². The lowest BCUT2D eigenvalue weighted by atomic mass is 9.88. The van der Waals surface area contributed by atoms with Gasteiger partial charge >= 0.3 is 0 Å². The summed E-state index contributed by atoms with van der Waals surface area (Å²) in [6, 6.07) is 13.1. The minimum atomic E-state index is 0.0296. The lowest BCUT2D eigenvalue weighted by molar-refractivity contribution is 0.155. The Hall–Kier alpha value is -2.04. The zero-order valence-corrected chi connectivity index (χ0v) is 15.6. The molecule has 2 N–H and O–H groups in total. The van der Waals surface area contributed by atoms with Crippen LogP contribution in [0.15, 0.2) is 36.4 Å². The number of hydrogen-bond acceptors (Lipinski definition) is 4. The van der Waals surface area contributed by atoms with Crippen LogP contribution < -0.4 is 15.2 Å². The SMILES string of the molecule is COc1cc2c(cc1OC)[C@@H]([C@@H](C)N)N(Cc1cccc(C)c1)CC2. The van der Waals surface area contributed by atoms with Crippen molar-refractivity contribution < 1.29 is 9.47 Å². The van der Waals surface area contributed by atoms with Crippen molar-refractivity contribution >= 4 is 0 Å². The summed E-state index contributed by atoms with van der Waals surface area (Å²) in [5, 5.41) is 0. The Morgan fingerprint density at radius 1 is 1.16 bits per heavy atom. The van der Waals surface area contributed by atoms with E-state index >= 15 is 0 Å². The molecule has 4 nitrogen and oxygen atoms in total. The zero-order valence-electron chi connectivity index (χ0n) is 15.6. The normalized spacial score (nSPS) is 18.5. The van der Waals surface area contributed by atoms with Crippen molar-refractivity contribution in [3.63, 3.8) is 0 Å². The molecule has 0 bridgehead atoms. The number of ether oxygens (including phenoxy) is 2. The van der Waals surface area contributed by atoms with Gasteiger partial charge in [-0.25, -0.2) is 0 Å². The van der Waals surface area contributed by atoms with E-state index < -0.39 is 0 Å². The average Bonchev–Trinajstić information content (AvgIpc) is 2.60. The smallest absolute Gasteiger partial charge is 0.161 e. The van der Waals surface area contributed by atoms with E-state index in [1.165, 1.54) is 22.3 Å². The van der Waals surface area contributed by atoms with Crippen LogP contribution in [0, 0.1) is 6.92 Å². The van der Waals surface area contributed by atoms with Crippen LogP contribution >= 0.6 is 0 Å². The highest BCUT2D eigenvalue weighted by atomic mass is 16.5. The number of rotatable bonds is 5. The Morgan fingerprint density at radius 2 is 1.88 bits per heavy atom. The van der Waals surface area contributed by atoms with E-state index in [0.717, 1.165) is 31.0 Å². The van der Waals surface area contributed by atoms with Crippen LogP contribution in [-0.4, -0.2) is 31.7 Å². The Bertz CT molecular complexity index is 743. The number of nitrogens with two attached hydrogens (primary N) is 1. The summed E-state index contributed by atoms with van der Waals surface area (Å²) < 4.78 is 11.0. The highest BCUT2D eigenvalue weighted by molar-refractivity contribution is 5.50. The van der Waals surface area contributed by atoms with Gasteiger partial charge in [-0.15, -0.1) is 0 Å². The van der Waals surface area contributed by atoms with Crippen molar-refractivity contribution in [1.82, 2.24) is 4.90 Å². The molecule has 134 valence electrons. The van der Waals surface area contributed by atoms with E-state index in [9.17, 15) is 0 Å². The highest BCUT2D eigenvalue weighted by Gasteiger charge is 2.31. The van der Waals surface area contributed by atoms with Crippen molar-refractivity contribution in [2.75, 3.05) is 20.8 Å². The Labute approximate surface area is 150 Å². The minimum Gasteiger partial charge on any atom is -0.493 e. The van der Waals surface area contributed by atoms with Crippen molar-refractivity contribution in [3.05, 3.63) is 58.7 Å². The molecule has 2 aromatic carbocycles. The summed E-state index contributed by atoms with van der Waals surface area (Å²) in [6.07, 6.45) is 0.991. The first-order valence-corrected chi connectivity index (χ1v) is 8.83. The maximum Gasteiger partial charge on any atom is 0.161 e. The minimum absolute atomic E-state index is 0.0296. The molecular formula is C21H28N2O2. The molecule has 0 aromatic heterocycles. The second-order valence-electron chi connectivity index (χ2n) is 6.92. The maximum atomic E-state index is 6.40.